The fourth-order valence-corrected chi connectivity index (χ4v) is 2.27. The number of ether oxygens (including phenoxy) is 1. The zero-order valence-electron chi connectivity index (χ0n) is 9.75. The highest BCUT2D eigenvalue weighted by atomic mass is 16.6. The molecule has 4 nitrogen and oxygen atoms in total. The summed E-state index contributed by atoms with van der Waals surface area (Å²) >= 11 is 0. The first-order valence-corrected chi connectivity index (χ1v) is 5.68. The summed E-state index contributed by atoms with van der Waals surface area (Å²) < 4.78 is 5.36. The quantitative estimate of drug-likeness (QED) is 0.659. The summed E-state index contributed by atoms with van der Waals surface area (Å²) in [6.07, 6.45) is 2.20. The lowest BCUT2D eigenvalue weighted by Crippen LogP contribution is -2.53. The number of nitrogens with zero attached hydrogens (tertiary/aromatic N) is 1. The Hall–Kier alpha value is -0.770. The lowest BCUT2D eigenvalue weighted by Gasteiger charge is -2.34. The number of piperazine rings is 1. The largest absolute Gasteiger partial charge is 0.444 e. The Morgan fingerprint density at radius 1 is 1.27 bits per heavy atom. The van der Waals surface area contributed by atoms with Crippen molar-refractivity contribution in [2.24, 2.45) is 0 Å². The maximum Gasteiger partial charge on any atom is 0.410 e. The third-order valence-corrected chi connectivity index (χ3v) is 2.87. The van der Waals surface area contributed by atoms with Crippen LogP contribution in [0.4, 0.5) is 4.79 Å². The Bertz CT molecular complexity index is 248. The van der Waals surface area contributed by atoms with Crippen molar-refractivity contribution in [3.63, 3.8) is 0 Å². The van der Waals surface area contributed by atoms with Gasteiger partial charge in [0.1, 0.15) is 5.60 Å². The number of hydrogen-bond acceptors (Lipinski definition) is 3. The molecule has 2 aliphatic rings. The Morgan fingerprint density at radius 3 is 2.27 bits per heavy atom. The first-order valence-electron chi connectivity index (χ1n) is 5.68. The van der Waals surface area contributed by atoms with E-state index in [9.17, 15) is 4.79 Å². The topological polar surface area (TPSA) is 41.6 Å². The molecule has 15 heavy (non-hydrogen) atoms. The molecule has 2 saturated heterocycles. The summed E-state index contributed by atoms with van der Waals surface area (Å²) in [7, 11) is 0. The molecule has 0 aliphatic carbocycles. The van der Waals surface area contributed by atoms with Crippen LogP contribution in [0.2, 0.25) is 0 Å². The third-order valence-electron chi connectivity index (χ3n) is 2.87. The first-order chi connectivity index (χ1) is 6.94. The molecule has 1 amide bonds. The summed E-state index contributed by atoms with van der Waals surface area (Å²) in [5, 5.41) is 3.49. The number of carbonyl (C=O) groups excluding carboxylic acids is 1. The van der Waals surface area contributed by atoms with E-state index in [0.717, 1.165) is 13.1 Å². The number of carbonyl (C=O) groups is 1. The lowest BCUT2D eigenvalue weighted by molar-refractivity contribution is 0.0189. The second-order valence-electron chi connectivity index (χ2n) is 5.52. The van der Waals surface area contributed by atoms with E-state index < -0.39 is 0 Å². The maximum atomic E-state index is 11.8. The number of nitrogens with one attached hydrogen (secondary N) is 1. The van der Waals surface area contributed by atoms with Gasteiger partial charge >= 0.3 is 6.09 Å². The van der Waals surface area contributed by atoms with E-state index in [-0.39, 0.29) is 11.7 Å². The van der Waals surface area contributed by atoms with E-state index in [1.807, 2.05) is 25.7 Å². The maximum absolute atomic E-state index is 11.8. The fraction of sp³-hybridized carbons (Fsp3) is 0.909. The van der Waals surface area contributed by atoms with Crippen molar-refractivity contribution in [2.75, 3.05) is 13.1 Å². The van der Waals surface area contributed by atoms with Gasteiger partial charge in [-0.3, -0.25) is 0 Å². The molecular formula is C11H20N2O2. The first kappa shape index (κ1) is 10.7. The van der Waals surface area contributed by atoms with Crippen molar-refractivity contribution in [1.29, 1.82) is 0 Å². The van der Waals surface area contributed by atoms with E-state index in [1.165, 1.54) is 12.8 Å². The minimum absolute atomic E-state index is 0.166. The van der Waals surface area contributed by atoms with Gasteiger partial charge in [-0.25, -0.2) is 4.79 Å². The molecule has 0 spiro atoms. The summed E-state index contributed by atoms with van der Waals surface area (Å²) in [6.45, 7) is 7.31. The smallest absolute Gasteiger partial charge is 0.410 e. The molecule has 2 rings (SSSR count). The van der Waals surface area contributed by atoms with Gasteiger partial charge in [0.15, 0.2) is 0 Å². The molecule has 0 aromatic heterocycles. The van der Waals surface area contributed by atoms with Gasteiger partial charge in [0.25, 0.3) is 0 Å². The number of fused-ring (bicyclic) bond motifs is 2. The second kappa shape index (κ2) is 3.67. The van der Waals surface area contributed by atoms with Crippen molar-refractivity contribution in [3.8, 4) is 0 Å². The van der Waals surface area contributed by atoms with Gasteiger partial charge in [-0.05, 0) is 33.6 Å². The molecule has 0 saturated carbocycles. The van der Waals surface area contributed by atoms with E-state index >= 15 is 0 Å². The second-order valence-corrected chi connectivity index (χ2v) is 5.52. The van der Waals surface area contributed by atoms with Crippen molar-refractivity contribution >= 4 is 6.09 Å². The van der Waals surface area contributed by atoms with Gasteiger partial charge in [0.2, 0.25) is 0 Å². The number of amides is 1. The molecule has 2 atom stereocenters. The molecule has 0 aromatic rings. The fourth-order valence-electron chi connectivity index (χ4n) is 2.27. The highest BCUT2D eigenvalue weighted by Crippen LogP contribution is 2.21. The minimum atomic E-state index is -0.388. The number of rotatable bonds is 0. The van der Waals surface area contributed by atoms with Crippen molar-refractivity contribution in [3.05, 3.63) is 0 Å². The molecule has 86 valence electrons. The summed E-state index contributed by atoms with van der Waals surface area (Å²) in [5.41, 5.74) is -0.388. The Labute approximate surface area is 91.0 Å². The van der Waals surface area contributed by atoms with Crippen LogP contribution >= 0.6 is 0 Å². The molecule has 2 aliphatic heterocycles. The van der Waals surface area contributed by atoms with Crippen molar-refractivity contribution < 1.29 is 9.53 Å². The van der Waals surface area contributed by atoms with Gasteiger partial charge in [-0.2, -0.15) is 0 Å². The average Bonchev–Trinajstić information content (AvgIpc) is 2.42. The van der Waals surface area contributed by atoms with Gasteiger partial charge < -0.3 is 15.0 Å². The van der Waals surface area contributed by atoms with Crippen molar-refractivity contribution in [2.45, 2.75) is 51.3 Å². The highest BCUT2D eigenvalue weighted by Gasteiger charge is 2.35. The molecule has 2 bridgehead atoms. The van der Waals surface area contributed by atoms with Crippen molar-refractivity contribution in [1.82, 2.24) is 10.2 Å². The molecule has 0 aromatic carbocycles. The van der Waals surface area contributed by atoms with E-state index in [4.69, 9.17) is 4.74 Å². The third kappa shape index (κ3) is 2.62. The Kier molecular flexibility index (Phi) is 2.63. The lowest BCUT2D eigenvalue weighted by atomic mass is 10.2. The summed E-state index contributed by atoms with van der Waals surface area (Å²) in [5.74, 6) is 0. The molecule has 1 N–H and O–H groups in total. The van der Waals surface area contributed by atoms with Crippen LogP contribution in [0.1, 0.15) is 33.6 Å². The van der Waals surface area contributed by atoms with Crippen LogP contribution in [-0.2, 0) is 4.74 Å². The summed E-state index contributed by atoms with van der Waals surface area (Å²) in [4.78, 5) is 13.6. The number of likely N-dealkylation sites (tertiary alicyclic amines) is 1. The van der Waals surface area contributed by atoms with Gasteiger partial charge in [0, 0.05) is 25.2 Å². The monoisotopic (exact) mass is 212 g/mol. The van der Waals surface area contributed by atoms with Crippen LogP contribution in [0.15, 0.2) is 0 Å². The van der Waals surface area contributed by atoms with Gasteiger partial charge in [-0.1, -0.05) is 0 Å². The highest BCUT2D eigenvalue weighted by molar-refractivity contribution is 5.68. The Balaban J connectivity index is 1.91. The molecule has 1 unspecified atom stereocenters. The van der Waals surface area contributed by atoms with Crippen LogP contribution in [0.3, 0.4) is 0 Å². The van der Waals surface area contributed by atoms with Crippen LogP contribution < -0.4 is 5.32 Å². The van der Waals surface area contributed by atoms with E-state index in [1.54, 1.807) is 0 Å². The molecule has 4 heteroatoms. The van der Waals surface area contributed by atoms with Gasteiger partial charge in [-0.15, -0.1) is 0 Å². The van der Waals surface area contributed by atoms with Crippen LogP contribution in [-0.4, -0.2) is 41.8 Å². The van der Waals surface area contributed by atoms with Crippen LogP contribution in [0, 0.1) is 0 Å². The van der Waals surface area contributed by atoms with E-state index in [2.05, 4.69) is 5.32 Å². The average molecular weight is 212 g/mol. The van der Waals surface area contributed by atoms with Crippen LogP contribution in [0.25, 0.3) is 0 Å². The molecule has 2 heterocycles. The summed E-state index contributed by atoms with van der Waals surface area (Å²) in [6, 6.07) is 0.965. The minimum Gasteiger partial charge on any atom is -0.444 e. The van der Waals surface area contributed by atoms with Gasteiger partial charge in [0.05, 0.1) is 0 Å². The zero-order valence-corrected chi connectivity index (χ0v) is 9.75. The standard InChI is InChI=1S/C11H20N2O2/c1-11(2,3)15-10(14)13-6-8-4-5-9(7-13)12-8/h8-9,12H,4-7H2,1-3H3/t8-,9?/m0/s1. The van der Waals surface area contributed by atoms with Crippen LogP contribution in [0.5, 0.6) is 0 Å². The number of hydrogen-bond donors (Lipinski definition) is 1. The molecular weight excluding hydrogens is 192 g/mol. The predicted octanol–water partition coefficient (Wildman–Crippen LogP) is 1.36. The van der Waals surface area contributed by atoms with E-state index in [0.29, 0.717) is 12.1 Å². The predicted molar refractivity (Wildman–Crippen MR) is 57.8 cm³/mol. The molecule has 2 fully saturated rings. The zero-order chi connectivity index (χ0) is 11.1. The normalized spacial score (nSPS) is 30.5. The molecule has 0 radical (unpaired) electrons. The Morgan fingerprint density at radius 2 is 1.80 bits per heavy atom. The SMILES string of the molecule is CC(C)(C)OC(=O)N1CC2CC[C@@H](C1)N2.